The molecule has 9 rings (SSSR count). The number of amides is 2. The van der Waals surface area contributed by atoms with Crippen LogP contribution in [0.3, 0.4) is 0 Å². The molecule has 2 amide bonds. The average Bonchev–Trinajstić information content (AvgIpc) is 3.29. The highest BCUT2D eigenvalue weighted by atomic mass is 35.5. The lowest BCUT2D eigenvalue weighted by Crippen LogP contribution is -2.41. The van der Waals surface area contributed by atoms with Crippen molar-refractivity contribution in [3.05, 3.63) is 148 Å². The number of ether oxygens (including phenoxy) is 1. The predicted octanol–water partition coefficient (Wildman–Crippen LogP) is 7.30. The maximum Gasteiger partial charge on any atom is 0.254 e. The van der Waals surface area contributed by atoms with Crippen molar-refractivity contribution in [3.63, 3.8) is 0 Å². The van der Waals surface area contributed by atoms with Crippen molar-refractivity contribution < 1.29 is 14.3 Å². The fourth-order valence-corrected chi connectivity index (χ4v) is 7.29. The van der Waals surface area contributed by atoms with Crippen molar-refractivity contribution in [2.45, 2.75) is 18.4 Å². The van der Waals surface area contributed by atoms with Crippen molar-refractivity contribution in [1.29, 1.82) is 0 Å². The number of hydrogen-bond acceptors (Lipinski definition) is 4. The van der Waals surface area contributed by atoms with Gasteiger partial charge in [0.2, 0.25) is 0 Å². The van der Waals surface area contributed by atoms with Crippen LogP contribution in [0.5, 0.6) is 5.75 Å². The lowest BCUT2D eigenvalue weighted by molar-refractivity contribution is -0.139. The number of imide groups is 1. The van der Waals surface area contributed by atoms with Gasteiger partial charge in [-0.15, -0.1) is 0 Å². The van der Waals surface area contributed by atoms with Crippen LogP contribution in [0, 0.1) is 11.8 Å². The Morgan fingerprint density at radius 1 is 0.690 bits per heavy atom. The molecule has 0 spiro atoms. The van der Waals surface area contributed by atoms with Gasteiger partial charge in [-0.25, -0.2) is 0 Å². The van der Waals surface area contributed by atoms with E-state index in [0.717, 1.165) is 43.6 Å². The van der Waals surface area contributed by atoms with Crippen LogP contribution >= 0.6 is 11.6 Å². The molecule has 0 radical (unpaired) electrons. The number of carbonyl (C=O) groups excluding carboxylic acids is 2. The van der Waals surface area contributed by atoms with Gasteiger partial charge in [-0.1, -0.05) is 103 Å². The van der Waals surface area contributed by atoms with Crippen LogP contribution in [0.2, 0.25) is 5.02 Å². The van der Waals surface area contributed by atoms with Crippen molar-refractivity contribution in [2.75, 3.05) is 0 Å². The lowest BCUT2D eigenvalue weighted by atomic mass is 9.55. The summed E-state index contributed by atoms with van der Waals surface area (Å²) in [5.74, 6) is -1.16. The molecule has 2 atom stereocenters. The molecule has 0 aromatic heterocycles. The third-order valence-electron chi connectivity index (χ3n) is 8.97. The molecule has 1 saturated heterocycles. The Bertz CT molecular complexity index is 1820. The van der Waals surface area contributed by atoms with Crippen LogP contribution in [-0.2, 0) is 16.2 Å². The van der Waals surface area contributed by atoms with Crippen molar-refractivity contribution in [2.24, 2.45) is 16.9 Å². The van der Waals surface area contributed by atoms with E-state index in [0.29, 0.717) is 22.9 Å². The molecule has 1 fully saturated rings. The Morgan fingerprint density at radius 2 is 1.24 bits per heavy atom. The maximum absolute atomic E-state index is 14.0. The van der Waals surface area contributed by atoms with E-state index >= 15 is 0 Å². The molecule has 0 unspecified atom stereocenters. The number of hydrazone groups is 1. The molecular formula is C36H25ClN2O3. The van der Waals surface area contributed by atoms with E-state index in [1.165, 1.54) is 0 Å². The summed E-state index contributed by atoms with van der Waals surface area (Å²) in [7, 11) is 0. The third kappa shape index (κ3) is 3.74. The minimum atomic E-state index is -0.474. The predicted molar refractivity (Wildman–Crippen MR) is 163 cm³/mol. The first-order chi connectivity index (χ1) is 20.6. The average molecular weight is 569 g/mol. The maximum atomic E-state index is 14.0. The summed E-state index contributed by atoms with van der Waals surface area (Å²) in [5.41, 5.74) is 6.25. The molecule has 5 aromatic rings. The Kier molecular flexibility index (Phi) is 5.76. The number of carbonyl (C=O) groups is 2. The highest BCUT2D eigenvalue weighted by molar-refractivity contribution is 6.30. The minimum absolute atomic E-state index is 0.167. The molecule has 5 nitrogen and oxygen atoms in total. The van der Waals surface area contributed by atoms with Gasteiger partial charge in [0.15, 0.2) is 0 Å². The summed E-state index contributed by atoms with van der Waals surface area (Å²) in [4.78, 5) is 28.0. The van der Waals surface area contributed by atoms with Crippen LogP contribution in [0.25, 0.3) is 10.8 Å². The van der Waals surface area contributed by atoms with E-state index in [-0.39, 0.29) is 23.7 Å². The van der Waals surface area contributed by atoms with Crippen molar-refractivity contribution in [1.82, 2.24) is 5.01 Å². The first-order valence-corrected chi connectivity index (χ1v) is 14.5. The zero-order valence-corrected chi connectivity index (χ0v) is 23.2. The van der Waals surface area contributed by atoms with Gasteiger partial charge in [0.05, 0.1) is 18.1 Å². The largest absolute Gasteiger partial charge is 0.488 e. The van der Waals surface area contributed by atoms with Gasteiger partial charge < -0.3 is 4.74 Å². The molecule has 1 heterocycles. The zero-order valence-electron chi connectivity index (χ0n) is 22.5. The number of halogens is 1. The molecule has 6 heteroatoms. The van der Waals surface area contributed by atoms with E-state index in [4.69, 9.17) is 16.3 Å². The highest BCUT2D eigenvalue weighted by Crippen LogP contribution is 2.61. The fraction of sp³-hybridized carbons (Fsp3) is 0.139. The summed E-state index contributed by atoms with van der Waals surface area (Å²) in [6.45, 7) is 0.335. The Morgan fingerprint density at radius 3 is 1.83 bits per heavy atom. The van der Waals surface area contributed by atoms with Gasteiger partial charge in [-0.2, -0.15) is 10.1 Å². The van der Waals surface area contributed by atoms with Crippen LogP contribution in [0.15, 0.2) is 114 Å². The number of rotatable bonds is 5. The van der Waals surface area contributed by atoms with Gasteiger partial charge in [0.25, 0.3) is 11.8 Å². The second-order valence-corrected chi connectivity index (χ2v) is 11.5. The van der Waals surface area contributed by atoms with E-state index in [9.17, 15) is 9.59 Å². The molecule has 0 N–H and O–H groups in total. The molecule has 42 heavy (non-hydrogen) atoms. The Labute approximate surface area is 248 Å². The van der Waals surface area contributed by atoms with E-state index < -0.39 is 11.8 Å². The normalized spacial score (nSPS) is 22.0. The SMILES string of the molecule is O=C1[C@@H]2C3c4ccccc4C(c4ccccc43)[C@@H]2C(=O)N1/N=C\c1c(OCc2ccc(Cl)cc2)ccc2ccccc12. The number of fused-ring (bicyclic) bond motifs is 1. The molecule has 204 valence electrons. The molecule has 2 bridgehead atoms. The highest BCUT2D eigenvalue weighted by Gasteiger charge is 2.61. The van der Waals surface area contributed by atoms with Crippen LogP contribution in [0.4, 0.5) is 0 Å². The van der Waals surface area contributed by atoms with Gasteiger partial charge >= 0.3 is 0 Å². The van der Waals surface area contributed by atoms with Crippen molar-refractivity contribution >= 4 is 40.4 Å². The number of nitrogens with zero attached hydrogens (tertiary/aromatic N) is 2. The lowest BCUT2D eigenvalue weighted by Gasteiger charge is -2.45. The minimum Gasteiger partial charge on any atom is -0.488 e. The topological polar surface area (TPSA) is 59.0 Å². The molecule has 5 aromatic carbocycles. The first-order valence-electron chi connectivity index (χ1n) is 14.1. The van der Waals surface area contributed by atoms with Gasteiger partial charge in [-0.05, 0) is 56.8 Å². The molecular weight excluding hydrogens is 544 g/mol. The van der Waals surface area contributed by atoms with Gasteiger partial charge in [0.1, 0.15) is 12.4 Å². The van der Waals surface area contributed by atoms with E-state index in [2.05, 4.69) is 29.4 Å². The summed E-state index contributed by atoms with van der Waals surface area (Å²) in [5, 5.41) is 8.30. The monoisotopic (exact) mass is 568 g/mol. The van der Waals surface area contributed by atoms with Crippen LogP contribution in [0.1, 0.15) is 45.2 Å². The second-order valence-electron chi connectivity index (χ2n) is 11.1. The molecule has 1 aliphatic heterocycles. The van der Waals surface area contributed by atoms with Gasteiger partial charge in [0, 0.05) is 22.4 Å². The van der Waals surface area contributed by atoms with Gasteiger partial charge in [-0.3, -0.25) is 9.59 Å². The van der Waals surface area contributed by atoms with E-state index in [1.807, 2.05) is 84.9 Å². The summed E-state index contributed by atoms with van der Waals surface area (Å²) in [6.07, 6.45) is 1.61. The van der Waals surface area contributed by atoms with Crippen LogP contribution in [-0.4, -0.2) is 23.0 Å². The summed E-state index contributed by atoms with van der Waals surface area (Å²) >= 11 is 6.05. The Hall–Kier alpha value is -4.74. The second kappa shape index (κ2) is 9.68. The number of benzene rings is 5. The third-order valence-corrected chi connectivity index (χ3v) is 9.22. The number of hydrogen-bond donors (Lipinski definition) is 0. The van der Waals surface area contributed by atoms with Crippen molar-refractivity contribution in [3.8, 4) is 5.75 Å². The molecule has 4 aliphatic rings. The standard InChI is InChI=1S/C36H25ClN2O3/c37-23-16-13-21(14-17-23)20-42-30-18-15-22-7-1-2-8-24(22)29(30)19-38-39-35(40)33-31-25-9-3-4-10-26(25)32(34(33)36(39)41)28-12-6-5-11-27(28)31/h1-19,31-34H,20H2/b38-19-/t31?,32?,33-,34+. The first kappa shape index (κ1) is 25.0. The fourth-order valence-electron chi connectivity index (χ4n) is 7.17. The summed E-state index contributed by atoms with van der Waals surface area (Å²) < 4.78 is 6.24. The zero-order chi connectivity index (χ0) is 28.4. The Balaban J connectivity index is 1.17. The molecule has 0 saturated carbocycles. The quantitative estimate of drug-likeness (QED) is 0.165. The molecule has 3 aliphatic carbocycles. The van der Waals surface area contributed by atoms with E-state index in [1.54, 1.807) is 6.21 Å². The smallest absolute Gasteiger partial charge is 0.254 e. The summed E-state index contributed by atoms with van der Waals surface area (Å²) in [6, 6.07) is 35.8. The van der Waals surface area contributed by atoms with Crippen LogP contribution < -0.4 is 4.74 Å².